The van der Waals surface area contributed by atoms with Gasteiger partial charge in [-0.25, -0.2) is 4.39 Å². The average molecular weight is 344 g/mol. The standard InChI is InChI=1S/C19H21FN2O3/c1-2-3-17-16(8-13-25-17)19(24)22-11-9-21(10-12-22)18(23)14-4-6-15(20)7-5-14/h4-8,13H,2-3,9-12H2,1H3. The predicted molar refractivity (Wildman–Crippen MR) is 90.9 cm³/mol. The fourth-order valence-electron chi connectivity index (χ4n) is 3.01. The minimum absolute atomic E-state index is 0.0499. The van der Waals surface area contributed by atoms with Gasteiger partial charge in [-0.3, -0.25) is 9.59 Å². The molecule has 0 unspecified atom stereocenters. The monoisotopic (exact) mass is 344 g/mol. The van der Waals surface area contributed by atoms with E-state index in [0.717, 1.165) is 18.6 Å². The SMILES string of the molecule is CCCc1occc1C(=O)N1CCN(C(=O)c2ccc(F)cc2)CC1. The van der Waals surface area contributed by atoms with Crippen molar-refractivity contribution >= 4 is 11.8 Å². The van der Waals surface area contributed by atoms with Crippen LogP contribution in [0.4, 0.5) is 4.39 Å². The van der Waals surface area contributed by atoms with E-state index in [1.165, 1.54) is 24.3 Å². The number of hydrogen-bond acceptors (Lipinski definition) is 3. The minimum atomic E-state index is -0.366. The lowest BCUT2D eigenvalue weighted by molar-refractivity contribution is 0.0534. The lowest BCUT2D eigenvalue weighted by Gasteiger charge is -2.34. The van der Waals surface area contributed by atoms with Crippen LogP contribution >= 0.6 is 0 Å². The van der Waals surface area contributed by atoms with E-state index in [9.17, 15) is 14.0 Å². The number of benzene rings is 1. The molecule has 0 N–H and O–H groups in total. The topological polar surface area (TPSA) is 53.8 Å². The van der Waals surface area contributed by atoms with E-state index in [4.69, 9.17) is 4.42 Å². The van der Waals surface area contributed by atoms with Gasteiger partial charge in [-0.1, -0.05) is 6.92 Å². The molecule has 1 saturated heterocycles. The number of piperazine rings is 1. The molecule has 2 amide bonds. The van der Waals surface area contributed by atoms with Gasteiger partial charge in [0.1, 0.15) is 11.6 Å². The number of rotatable bonds is 4. The fourth-order valence-corrected chi connectivity index (χ4v) is 3.01. The Balaban J connectivity index is 1.61. The first-order valence-electron chi connectivity index (χ1n) is 8.50. The number of hydrogen-bond donors (Lipinski definition) is 0. The van der Waals surface area contributed by atoms with Crippen LogP contribution in [0.15, 0.2) is 41.0 Å². The molecular weight excluding hydrogens is 323 g/mol. The van der Waals surface area contributed by atoms with Gasteiger partial charge >= 0.3 is 0 Å². The van der Waals surface area contributed by atoms with Gasteiger partial charge in [0.05, 0.1) is 11.8 Å². The van der Waals surface area contributed by atoms with Crippen molar-refractivity contribution in [3.05, 3.63) is 59.3 Å². The van der Waals surface area contributed by atoms with Crippen molar-refractivity contribution in [3.8, 4) is 0 Å². The zero-order valence-corrected chi connectivity index (χ0v) is 14.2. The van der Waals surface area contributed by atoms with E-state index < -0.39 is 0 Å². The highest BCUT2D eigenvalue weighted by atomic mass is 19.1. The summed E-state index contributed by atoms with van der Waals surface area (Å²) in [7, 11) is 0. The van der Waals surface area contributed by atoms with Gasteiger partial charge in [0.15, 0.2) is 0 Å². The molecule has 1 aromatic heterocycles. The van der Waals surface area contributed by atoms with Crippen molar-refractivity contribution < 1.29 is 18.4 Å². The number of halogens is 1. The Labute approximate surface area is 146 Å². The molecule has 0 bridgehead atoms. The largest absolute Gasteiger partial charge is 0.469 e. The maximum Gasteiger partial charge on any atom is 0.257 e. The Morgan fingerprint density at radius 1 is 1.00 bits per heavy atom. The Bertz CT molecular complexity index is 746. The molecular formula is C19H21FN2O3. The normalized spacial score (nSPS) is 14.6. The second kappa shape index (κ2) is 7.51. The molecule has 1 aliphatic rings. The predicted octanol–water partition coefficient (Wildman–Crippen LogP) is 2.97. The van der Waals surface area contributed by atoms with E-state index in [0.29, 0.717) is 37.3 Å². The molecule has 2 heterocycles. The molecule has 0 aliphatic carbocycles. The lowest BCUT2D eigenvalue weighted by atomic mass is 10.1. The summed E-state index contributed by atoms with van der Waals surface area (Å²) in [5, 5.41) is 0. The molecule has 0 spiro atoms. The van der Waals surface area contributed by atoms with Gasteiger partial charge in [0.2, 0.25) is 0 Å². The van der Waals surface area contributed by atoms with Crippen molar-refractivity contribution in [3.63, 3.8) is 0 Å². The van der Waals surface area contributed by atoms with E-state index in [2.05, 4.69) is 0 Å². The quantitative estimate of drug-likeness (QED) is 0.857. The molecule has 0 radical (unpaired) electrons. The Kier molecular flexibility index (Phi) is 5.16. The van der Waals surface area contributed by atoms with Crippen LogP contribution in [0.5, 0.6) is 0 Å². The van der Waals surface area contributed by atoms with Crippen molar-refractivity contribution in [2.24, 2.45) is 0 Å². The van der Waals surface area contributed by atoms with Crippen LogP contribution in [-0.4, -0.2) is 47.8 Å². The van der Waals surface area contributed by atoms with Crippen LogP contribution in [0.25, 0.3) is 0 Å². The highest BCUT2D eigenvalue weighted by Crippen LogP contribution is 2.17. The van der Waals surface area contributed by atoms with E-state index in [-0.39, 0.29) is 17.6 Å². The molecule has 25 heavy (non-hydrogen) atoms. The molecule has 2 aromatic rings. The first-order chi connectivity index (χ1) is 12.1. The van der Waals surface area contributed by atoms with E-state index in [1.54, 1.807) is 22.1 Å². The smallest absolute Gasteiger partial charge is 0.257 e. The Morgan fingerprint density at radius 2 is 1.60 bits per heavy atom. The number of furan rings is 1. The first-order valence-corrected chi connectivity index (χ1v) is 8.50. The van der Waals surface area contributed by atoms with Gasteiger partial charge in [-0.2, -0.15) is 0 Å². The number of nitrogens with zero attached hydrogens (tertiary/aromatic N) is 2. The van der Waals surface area contributed by atoms with Crippen molar-refractivity contribution in [2.75, 3.05) is 26.2 Å². The Morgan fingerprint density at radius 3 is 2.20 bits per heavy atom. The summed E-state index contributed by atoms with van der Waals surface area (Å²) in [5.74, 6) is 0.167. The minimum Gasteiger partial charge on any atom is -0.469 e. The van der Waals surface area contributed by atoms with Crippen LogP contribution in [0.1, 0.15) is 39.8 Å². The molecule has 1 aliphatic heterocycles. The summed E-state index contributed by atoms with van der Waals surface area (Å²) < 4.78 is 18.4. The highest BCUT2D eigenvalue weighted by molar-refractivity contribution is 5.96. The molecule has 1 aromatic carbocycles. The maximum absolute atomic E-state index is 13.0. The molecule has 3 rings (SSSR count). The molecule has 5 nitrogen and oxygen atoms in total. The second-order valence-corrected chi connectivity index (χ2v) is 6.10. The van der Waals surface area contributed by atoms with Crippen LogP contribution < -0.4 is 0 Å². The summed E-state index contributed by atoms with van der Waals surface area (Å²) in [4.78, 5) is 28.5. The van der Waals surface area contributed by atoms with Crippen LogP contribution in [0.2, 0.25) is 0 Å². The number of aryl methyl sites for hydroxylation is 1. The molecule has 1 fully saturated rings. The number of carbonyl (C=O) groups excluding carboxylic acids is 2. The first kappa shape index (κ1) is 17.2. The van der Waals surface area contributed by atoms with Crippen molar-refractivity contribution in [2.45, 2.75) is 19.8 Å². The van der Waals surface area contributed by atoms with E-state index >= 15 is 0 Å². The van der Waals surface area contributed by atoms with Crippen LogP contribution in [0.3, 0.4) is 0 Å². The van der Waals surface area contributed by atoms with Gasteiger partial charge in [-0.15, -0.1) is 0 Å². The van der Waals surface area contributed by atoms with Crippen LogP contribution in [0, 0.1) is 5.82 Å². The second-order valence-electron chi connectivity index (χ2n) is 6.10. The maximum atomic E-state index is 13.0. The fraction of sp³-hybridized carbons (Fsp3) is 0.368. The summed E-state index contributed by atoms with van der Waals surface area (Å²) in [6.45, 7) is 3.91. The van der Waals surface area contributed by atoms with Gasteiger partial charge in [-0.05, 0) is 36.8 Å². The zero-order valence-electron chi connectivity index (χ0n) is 14.2. The summed E-state index contributed by atoms with van der Waals surface area (Å²) in [6.07, 6.45) is 3.19. The van der Waals surface area contributed by atoms with Gasteiger partial charge in [0.25, 0.3) is 11.8 Å². The van der Waals surface area contributed by atoms with Gasteiger partial charge in [0, 0.05) is 38.2 Å². The van der Waals surface area contributed by atoms with E-state index in [1.807, 2.05) is 6.92 Å². The number of amides is 2. The van der Waals surface area contributed by atoms with Crippen LogP contribution in [-0.2, 0) is 6.42 Å². The number of carbonyl (C=O) groups is 2. The molecule has 0 atom stereocenters. The molecule has 0 saturated carbocycles. The summed E-state index contributed by atoms with van der Waals surface area (Å²) in [6, 6.07) is 7.24. The molecule has 132 valence electrons. The zero-order chi connectivity index (χ0) is 17.8. The third kappa shape index (κ3) is 3.73. The van der Waals surface area contributed by atoms with Gasteiger partial charge < -0.3 is 14.2 Å². The Hall–Kier alpha value is -2.63. The summed E-state index contributed by atoms with van der Waals surface area (Å²) >= 11 is 0. The van der Waals surface area contributed by atoms with Crippen molar-refractivity contribution in [1.82, 2.24) is 9.80 Å². The highest BCUT2D eigenvalue weighted by Gasteiger charge is 2.27. The third-order valence-electron chi connectivity index (χ3n) is 4.40. The lowest BCUT2D eigenvalue weighted by Crippen LogP contribution is -2.50. The average Bonchev–Trinajstić information content (AvgIpc) is 3.10. The molecule has 6 heteroatoms. The summed E-state index contributed by atoms with van der Waals surface area (Å²) in [5.41, 5.74) is 1.07. The third-order valence-corrected chi connectivity index (χ3v) is 4.40. The van der Waals surface area contributed by atoms with Crippen molar-refractivity contribution in [1.29, 1.82) is 0 Å².